The second-order valence-electron chi connectivity index (χ2n) is 7.62. The van der Waals surface area contributed by atoms with Crippen LogP contribution in [0.5, 0.6) is 5.75 Å². The van der Waals surface area contributed by atoms with E-state index in [0.717, 1.165) is 33.2 Å². The van der Waals surface area contributed by atoms with E-state index in [0.29, 0.717) is 0 Å². The monoisotopic (exact) mass is 431 g/mol. The van der Waals surface area contributed by atoms with E-state index >= 15 is 0 Å². The average Bonchev–Trinajstić information content (AvgIpc) is 2.80. The molecule has 0 bridgehead atoms. The topological polar surface area (TPSA) is 46.6 Å². The second-order valence-corrected chi connectivity index (χ2v) is 9.61. The quantitative estimate of drug-likeness (QED) is 0.401. The Labute approximate surface area is 183 Å². The molecule has 4 aromatic rings. The van der Waals surface area contributed by atoms with Crippen LogP contribution in [0, 0.1) is 6.92 Å². The van der Waals surface area contributed by atoms with Crippen LogP contribution in [0.25, 0.3) is 10.8 Å². The maximum Gasteiger partial charge on any atom is 0.243 e. The summed E-state index contributed by atoms with van der Waals surface area (Å²) in [6.45, 7) is 1.94. The van der Waals surface area contributed by atoms with Crippen LogP contribution in [-0.4, -0.2) is 26.9 Å². The number of sulfonamides is 1. The molecule has 0 aliphatic carbocycles. The molecule has 4 nitrogen and oxygen atoms in total. The molecular weight excluding hydrogens is 406 g/mol. The lowest BCUT2D eigenvalue weighted by molar-refractivity contribution is 0.409. The van der Waals surface area contributed by atoms with Gasteiger partial charge < -0.3 is 4.74 Å². The van der Waals surface area contributed by atoms with Gasteiger partial charge in [-0.05, 0) is 59.2 Å². The summed E-state index contributed by atoms with van der Waals surface area (Å²) in [5, 5.41) is 2.18. The van der Waals surface area contributed by atoms with E-state index in [-0.39, 0.29) is 4.90 Å². The van der Waals surface area contributed by atoms with Crippen molar-refractivity contribution in [3.8, 4) is 5.75 Å². The van der Waals surface area contributed by atoms with Gasteiger partial charge in [0.1, 0.15) is 5.75 Å². The summed E-state index contributed by atoms with van der Waals surface area (Å²) in [5.74, 6) is 0.727. The van der Waals surface area contributed by atoms with Gasteiger partial charge >= 0.3 is 0 Å². The van der Waals surface area contributed by atoms with Crippen molar-refractivity contribution in [2.75, 3.05) is 14.2 Å². The van der Waals surface area contributed by atoms with E-state index in [2.05, 4.69) is 6.07 Å². The summed E-state index contributed by atoms with van der Waals surface area (Å²) in [5.41, 5.74) is 2.79. The Hall–Kier alpha value is -3.15. The van der Waals surface area contributed by atoms with Crippen LogP contribution in [0.15, 0.2) is 95.9 Å². The summed E-state index contributed by atoms with van der Waals surface area (Å²) in [6, 6.07) is 28.2. The first kappa shape index (κ1) is 21.1. The van der Waals surface area contributed by atoms with Crippen LogP contribution in [0.3, 0.4) is 0 Å². The lowest BCUT2D eigenvalue weighted by Crippen LogP contribution is -2.32. The van der Waals surface area contributed by atoms with Crippen molar-refractivity contribution in [3.05, 3.63) is 108 Å². The number of hydrogen-bond donors (Lipinski definition) is 0. The molecular formula is C26H25NO3S. The third-order valence-corrected chi connectivity index (χ3v) is 7.42. The first-order valence-corrected chi connectivity index (χ1v) is 11.5. The van der Waals surface area contributed by atoms with Gasteiger partial charge in [-0.3, -0.25) is 0 Å². The lowest BCUT2D eigenvalue weighted by atomic mass is 9.96. The molecule has 0 saturated carbocycles. The fourth-order valence-corrected chi connectivity index (χ4v) is 5.13. The number of fused-ring (bicyclic) bond motifs is 1. The molecule has 5 heteroatoms. The second kappa shape index (κ2) is 8.53. The highest BCUT2D eigenvalue weighted by molar-refractivity contribution is 7.89. The molecule has 0 N–H and O–H groups in total. The molecule has 0 unspecified atom stereocenters. The van der Waals surface area contributed by atoms with E-state index in [1.165, 1.54) is 4.31 Å². The smallest absolute Gasteiger partial charge is 0.243 e. The van der Waals surface area contributed by atoms with E-state index in [4.69, 9.17) is 4.74 Å². The lowest BCUT2D eigenvalue weighted by Gasteiger charge is -2.29. The molecule has 4 rings (SSSR count). The Morgan fingerprint density at radius 3 is 2.03 bits per heavy atom. The molecule has 0 saturated heterocycles. The zero-order valence-corrected chi connectivity index (χ0v) is 18.6. The third-order valence-electron chi connectivity index (χ3n) is 5.58. The first-order valence-electron chi connectivity index (χ1n) is 10.1. The van der Waals surface area contributed by atoms with Crippen molar-refractivity contribution in [2.24, 2.45) is 0 Å². The van der Waals surface area contributed by atoms with Crippen LogP contribution in [-0.2, 0) is 10.0 Å². The van der Waals surface area contributed by atoms with Crippen molar-refractivity contribution in [3.63, 3.8) is 0 Å². The van der Waals surface area contributed by atoms with Crippen molar-refractivity contribution in [1.82, 2.24) is 4.31 Å². The Kier molecular flexibility index (Phi) is 5.81. The Bertz CT molecular complexity index is 1300. The third kappa shape index (κ3) is 4.20. The minimum Gasteiger partial charge on any atom is -0.497 e. The van der Waals surface area contributed by atoms with Gasteiger partial charge in [0, 0.05) is 7.05 Å². The van der Waals surface area contributed by atoms with E-state index in [9.17, 15) is 8.42 Å². The number of aryl methyl sites for hydroxylation is 1. The number of benzene rings is 4. The SMILES string of the molecule is COc1ccc([C@H](c2ccc3ccccc3c2)N(C)S(=O)(=O)c2ccc(C)cc2)cc1. The van der Waals surface area contributed by atoms with E-state index in [1.54, 1.807) is 26.3 Å². The molecule has 0 aromatic heterocycles. The predicted octanol–water partition coefficient (Wildman–Crippen LogP) is 5.57. The molecule has 0 radical (unpaired) electrons. The minimum atomic E-state index is -3.72. The molecule has 158 valence electrons. The maximum atomic E-state index is 13.5. The number of ether oxygens (including phenoxy) is 1. The summed E-state index contributed by atoms with van der Waals surface area (Å²) in [6.07, 6.45) is 0. The zero-order valence-electron chi connectivity index (χ0n) is 17.8. The molecule has 4 aromatic carbocycles. The predicted molar refractivity (Wildman–Crippen MR) is 125 cm³/mol. The van der Waals surface area contributed by atoms with Crippen LogP contribution >= 0.6 is 0 Å². The maximum absolute atomic E-state index is 13.5. The Balaban J connectivity index is 1.85. The minimum absolute atomic E-state index is 0.278. The Morgan fingerprint density at radius 1 is 0.774 bits per heavy atom. The van der Waals surface area contributed by atoms with Gasteiger partial charge in [0.25, 0.3) is 0 Å². The number of hydrogen-bond acceptors (Lipinski definition) is 3. The summed E-state index contributed by atoms with van der Waals surface area (Å²) in [7, 11) is -0.465. The standard InChI is InChI=1S/C26H25NO3S/c1-19-8-16-25(17-9-19)31(28,29)27(2)26(21-12-14-24(30-3)15-13-21)23-11-10-20-6-4-5-7-22(20)18-23/h4-18,26H,1-3H3/t26-/m1/s1. The molecule has 0 aliphatic rings. The van der Waals surface area contributed by atoms with Gasteiger partial charge in [-0.1, -0.05) is 66.2 Å². The molecule has 0 spiro atoms. The molecule has 0 fully saturated rings. The Morgan fingerprint density at radius 2 is 1.39 bits per heavy atom. The van der Waals surface area contributed by atoms with Crippen molar-refractivity contribution >= 4 is 20.8 Å². The van der Waals surface area contributed by atoms with E-state index < -0.39 is 16.1 Å². The highest BCUT2D eigenvalue weighted by Gasteiger charge is 2.30. The highest BCUT2D eigenvalue weighted by atomic mass is 32.2. The number of methoxy groups -OCH3 is 1. The largest absolute Gasteiger partial charge is 0.497 e. The fourth-order valence-electron chi connectivity index (χ4n) is 3.79. The highest BCUT2D eigenvalue weighted by Crippen LogP contribution is 2.34. The van der Waals surface area contributed by atoms with Crippen molar-refractivity contribution in [2.45, 2.75) is 17.9 Å². The number of rotatable bonds is 6. The normalized spacial score (nSPS) is 12.8. The van der Waals surface area contributed by atoms with Gasteiger partial charge in [-0.15, -0.1) is 0 Å². The molecule has 1 atom stereocenters. The molecule has 31 heavy (non-hydrogen) atoms. The summed E-state index contributed by atoms with van der Waals surface area (Å²) >= 11 is 0. The first-order chi connectivity index (χ1) is 14.9. The van der Waals surface area contributed by atoms with Crippen molar-refractivity contribution < 1.29 is 13.2 Å². The van der Waals surface area contributed by atoms with Gasteiger partial charge in [-0.2, -0.15) is 4.31 Å². The summed E-state index contributed by atoms with van der Waals surface area (Å²) in [4.78, 5) is 0.278. The van der Waals surface area contributed by atoms with Gasteiger partial charge in [-0.25, -0.2) is 8.42 Å². The number of nitrogens with zero attached hydrogens (tertiary/aromatic N) is 1. The van der Waals surface area contributed by atoms with Crippen LogP contribution < -0.4 is 4.74 Å². The van der Waals surface area contributed by atoms with Crippen molar-refractivity contribution in [1.29, 1.82) is 0 Å². The average molecular weight is 432 g/mol. The summed E-state index contributed by atoms with van der Waals surface area (Å²) < 4.78 is 33.8. The van der Waals surface area contributed by atoms with Crippen LogP contribution in [0.4, 0.5) is 0 Å². The zero-order chi connectivity index (χ0) is 22.0. The van der Waals surface area contributed by atoms with Crippen LogP contribution in [0.2, 0.25) is 0 Å². The molecule has 0 aliphatic heterocycles. The molecule has 0 amide bonds. The van der Waals surface area contributed by atoms with Gasteiger partial charge in [0.05, 0.1) is 18.0 Å². The molecule has 0 heterocycles. The van der Waals surface area contributed by atoms with Crippen LogP contribution in [0.1, 0.15) is 22.7 Å². The fraction of sp³-hybridized carbons (Fsp3) is 0.154. The van der Waals surface area contributed by atoms with Gasteiger partial charge in [0.2, 0.25) is 10.0 Å². The van der Waals surface area contributed by atoms with E-state index in [1.807, 2.05) is 79.7 Å². The van der Waals surface area contributed by atoms with Gasteiger partial charge in [0.15, 0.2) is 0 Å².